The van der Waals surface area contributed by atoms with Gasteiger partial charge in [-0.05, 0) is 36.8 Å². The molecule has 3 nitrogen and oxygen atoms in total. The molecule has 0 aliphatic heterocycles. The van der Waals surface area contributed by atoms with E-state index in [4.69, 9.17) is 0 Å². The smallest absolute Gasteiger partial charge is 0.308 e. The summed E-state index contributed by atoms with van der Waals surface area (Å²) in [5.41, 5.74) is 0.998. The molecule has 2 amide bonds. The van der Waals surface area contributed by atoms with Crippen LogP contribution in [0.1, 0.15) is 5.56 Å². The average molecular weight is 359 g/mol. The summed E-state index contributed by atoms with van der Waals surface area (Å²) in [4.78, 5) is 11.7. The number of benzene rings is 2. The number of hydrogen-bond donors (Lipinski definition) is 2. The first-order valence-corrected chi connectivity index (χ1v) is 6.65. The quantitative estimate of drug-likeness (QED) is 0.742. The molecule has 2 aromatic carbocycles. The molecule has 7 heteroatoms. The molecule has 2 N–H and O–H groups in total. The first kappa shape index (κ1) is 15.4. The fraction of sp³-hybridized carbons (Fsp3) is 0.0714. The Morgan fingerprint density at radius 2 is 1.76 bits per heavy atom. The van der Waals surface area contributed by atoms with Gasteiger partial charge in [-0.2, -0.15) is 0 Å². The summed E-state index contributed by atoms with van der Waals surface area (Å²) < 4.78 is 40.0. The van der Waals surface area contributed by atoms with Gasteiger partial charge < -0.3 is 10.6 Å². The second-order valence-electron chi connectivity index (χ2n) is 4.27. The number of carbonyl (C=O) groups excluding carboxylic acids is 1. The van der Waals surface area contributed by atoms with Crippen LogP contribution in [0.2, 0.25) is 0 Å². The molecule has 0 heterocycles. The minimum atomic E-state index is -1.63. The second kappa shape index (κ2) is 6.17. The highest BCUT2D eigenvalue weighted by Gasteiger charge is 2.15. The SMILES string of the molecule is Cc1ccc(NC(=O)Nc2ccc(F)c(F)c2F)cc1Br. The fourth-order valence-electron chi connectivity index (χ4n) is 1.58. The summed E-state index contributed by atoms with van der Waals surface area (Å²) in [5, 5.41) is 4.57. The fourth-order valence-corrected chi connectivity index (χ4v) is 1.96. The van der Waals surface area contributed by atoms with Gasteiger partial charge in [0.25, 0.3) is 0 Å². The monoisotopic (exact) mass is 358 g/mol. The number of aryl methyl sites for hydroxylation is 1. The van der Waals surface area contributed by atoms with E-state index in [-0.39, 0.29) is 0 Å². The van der Waals surface area contributed by atoms with Crippen LogP contribution in [0.25, 0.3) is 0 Å². The molecule has 0 fully saturated rings. The van der Waals surface area contributed by atoms with Gasteiger partial charge in [0, 0.05) is 10.2 Å². The van der Waals surface area contributed by atoms with E-state index in [0.29, 0.717) is 5.69 Å². The molecule has 0 unspecified atom stereocenters. The number of carbonyl (C=O) groups is 1. The zero-order valence-corrected chi connectivity index (χ0v) is 12.4. The van der Waals surface area contributed by atoms with Crippen LogP contribution in [-0.4, -0.2) is 6.03 Å². The minimum Gasteiger partial charge on any atom is -0.308 e. The van der Waals surface area contributed by atoms with Gasteiger partial charge in [0.1, 0.15) is 0 Å². The van der Waals surface area contributed by atoms with E-state index >= 15 is 0 Å². The van der Waals surface area contributed by atoms with Crippen molar-refractivity contribution in [3.8, 4) is 0 Å². The second-order valence-corrected chi connectivity index (χ2v) is 5.12. The molecule has 0 aliphatic carbocycles. The van der Waals surface area contributed by atoms with Crippen molar-refractivity contribution < 1.29 is 18.0 Å². The highest BCUT2D eigenvalue weighted by Crippen LogP contribution is 2.22. The molecule has 0 aliphatic rings. The number of hydrogen-bond acceptors (Lipinski definition) is 1. The first-order valence-electron chi connectivity index (χ1n) is 5.86. The Kier molecular flexibility index (Phi) is 4.52. The molecule has 0 saturated heterocycles. The lowest BCUT2D eigenvalue weighted by atomic mass is 10.2. The predicted molar refractivity (Wildman–Crippen MR) is 77.8 cm³/mol. The molecule has 2 aromatic rings. The van der Waals surface area contributed by atoms with Gasteiger partial charge in [0.05, 0.1) is 5.69 Å². The van der Waals surface area contributed by atoms with Crippen molar-refractivity contribution in [2.75, 3.05) is 10.6 Å². The Labute approximate surface area is 127 Å². The number of rotatable bonds is 2. The van der Waals surface area contributed by atoms with Crippen molar-refractivity contribution in [3.05, 3.63) is 57.8 Å². The summed E-state index contributed by atoms with van der Waals surface area (Å²) in [6.07, 6.45) is 0. The normalized spacial score (nSPS) is 10.3. The number of amides is 2. The van der Waals surface area contributed by atoms with Gasteiger partial charge in [-0.3, -0.25) is 0 Å². The van der Waals surface area contributed by atoms with Crippen molar-refractivity contribution in [2.24, 2.45) is 0 Å². The summed E-state index contributed by atoms with van der Waals surface area (Å²) in [6.45, 7) is 1.88. The third-order valence-electron chi connectivity index (χ3n) is 2.71. The molecule has 0 bridgehead atoms. The van der Waals surface area contributed by atoms with Crippen LogP contribution in [-0.2, 0) is 0 Å². The standard InChI is InChI=1S/C14H10BrF3N2O/c1-7-2-3-8(6-9(7)15)19-14(21)20-11-5-4-10(16)12(17)13(11)18/h2-6H,1H3,(H2,19,20,21). The number of anilines is 2. The van der Waals surface area contributed by atoms with Crippen molar-refractivity contribution in [1.82, 2.24) is 0 Å². The third kappa shape index (κ3) is 3.55. The summed E-state index contributed by atoms with van der Waals surface area (Å²) in [6, 6.07) is 6.00. The molecular formula is C14H10BrF3N2O. The lowest BCUT2D eigenvalue weighted by Crippen LogP contribution is -2.20. The Balaban J connectivity index is 2.12. The first-order chi connectivity index (χ1) is 9.88. The van der Waals surface area contributed by atoms with Crippen LogP contribution < -0.4 is 10.6 Å². The van der Waals surface area contributed by atoms with Gasteiger partial charge in [-0.1, -0.05) is 22.0 Å². The molecule has 21 heavy (non-hydrogen) atoms. The van der Waals surface area contributed by atoms with Crippen LogP contribution in [0.3, 0.4) is 0 Å². The predicted octanol–water partition coefficient (Wildman–Crippen LogP) is 4.82. The highest BCUT2D eigenvalue weighted by molar-refractivity contribution is 9.10. The maximum atomic E-state index is 13.4. The van der Waals surface area contributed by atoms with E-state index < -0.39 is 29.2 Å². The van der Waals surface area contributed by atoms with E-state index in [1.807, 2.05) is 6.92 Å². The van der Waals surface area contributed by atoms with Gasteiger partial charge in [0.15, 0.2) is 17.5 Å². The van der Waals surface area contributed by atoms with Crippen LogP contribution >= 0.6 is 15.9 Å². The lowest BCUT2D eigenvalue weighted by molar-refractivity contribution is 0.262. The molecule has 0 aromatic heterocycles. The highest BCUT2D eigenvalue weighted by atomic mass is 79.9. The topological polar surface area (TPSA) is 41.1 Å². The minimum absolute atomic E-state index is 0.447. The van der Waals surface area contributed by atoms with Gasteiger partial charge in [-0.15, -0.1) is 0 Å². The van der Waals surface area contributed by atoms with Crippen molar-refractivity contribution >= 4 is 33.3 Å². The van der Waals surface area contributed by atoms with Crippen molar-refractivity contribution in [2.45, 2.75) is 6.92 Å². The number of halogens is 4. The molecule has 0 atom stereocenters. The van der Waals surface area contributed by atoms with E-state index in [1.165, 1.54) is 0 Å². The zero-order chi connectivity index (χ0) is 15.6. The third-order valence-corrected chi connectivity index (χ3v) is 3.57. The largest absolute Gasteiger partial charge is 0.323 e. The van der Waals surface area contributed by atoms with Gasteiger partial charge >= 0.3 is 6.03 Å². The zero-order valence-electron chi connectivity index (χ0n) is 10.8. The van der Waals surface area contributed by atoms with Crippen molar-refractivity contribution in [3.63, 3.8) is 0 Å². The summed E-state index contributed by atoms with van der Waals surface area (Å²) in [5.74, 6) is -4.40. The Bertz CT molecular complexity index is 707. The number of nitrogens with one attached hydrogen (secondary N) is 2. The molecule has 0 spiro atoms. The number of urea groups is 1. The van der Waals surface area contributed by atoms with Crippen LogP contribution in [0, 0.1) is 24.4 Å². The summed E-state index contributed by atoms with van der Waals surface area (Å²) >= 11 is 3.31. The van der Waals surface area contributed by atoms with Crippen LogP contribution in [0.15, 0.2) is 34.8 Å². The molecule has 0 saturated carbocycles. The van der Waals surface area contributed by atoms with Crippen molar-refractivity contribution in [1.29, 1.82) is 0 Å². The van der Waals surface area contributed by atoms with Gasteiger partial charge in [0.2, 0.25) is 0 Å². The van der Waals surface area contributed by atoms with E-state index in [0.717, 1.165) is 22.2 Å². The average Bonchev–Trinajstić information content (AvgIpc) is 2.44. The molecule has 0 radical (unpaired) electrons. The van der Waals surface area contributed by atoms with Gasteiger partial charge in [-0.25, -0.2) is 18.0 Å². The maximum absolute atomic E-state index is 13.4. The molecular weight excluding hydrogens is 349 g/mol. The van der Waals surface area contributed by atoms with Crippen LogP contribution in [0.4, 0.5) is 29.3 Å². The molecule has 110 valence electrons. The van der Waals surface area contributed by atoms with E-state index in [2.05, 4.69) is 26.6 Å². The Morgan fingerprint density at radius 3 is 2.43 bits per heavy atom. The lowest BCUT2D eigenvalue weighted by Gasteiger charge is -2.10. The maximum Gasteiger partial charge on any atom is 0.323 e. The molecule has 2 rings (SSSR count). The van der Waals surface area contributed by atoms with Crippen LogP contribution in [0.5, 0.6) is 0 Å². The Morgan fingerprint density at radius 1 is 1.05 bits per heavy atom. The van der Waals surface area contributed by atoms with E-state index in [9.17, 15) is 18.0 Å². The summed E-state index contributed by atoms with van der Waals surface area (Å²) in [7, 11) is 0. The Hall–Kier alpha value is -2.02. The van der Waals surface area contributed by atoms with E-state index in [1.54, 1.807) is 18.2 Å².